The second kappa shape index (κ2) is 10.5. The Kier molecular flexibility index (Phi) is 6.75. The van der Waals surface area contributed by atoms with Crippen molar-refractivity contribution in [2.45, 2.75) is 19.8 Å². The Labute approximate surface area is 235 Å². The van der Waals surface area contributed by atoms with Gasteiger partial charge in [-0.05, 0) is 74.4 Å². The van der Waals surface area contributed by atoms with Crippen molar-refractivity contribution in [3.63, 3.8) is 0 Å². The highest BCUT2D eigenvalue weighted by Gasteiger charge is 2.47. The Balaban J connectivity index is 1.28. The second-order valence-electron chi connectivity index (χ2n) is 10.3. The Morgan fingerprint density at radius 1 is 0.902 bits per heavy atom. The smallest absolute Gasteiger partial charge is 0.339 e. The molecule has 1 aliphatic heterocycles. The van der Waals surface area contributed by atoms with Crippen LogP contribution in [0, 0.1) is 24.6 Å². The lowest BCUT2D eigenvalue weighted by molar-refractivity contribution is -0.122. The number of aryl methyl sites for hydroxylation is 1. The topological polar surface area (TPSA) is 93.6 Å². The highest BCUT2D eigenvalue weighted by Crippen LogP contribution is 2.38. The van der Waals surface area contributed by atoms with Crippen LogP contribution in [0.3, 0.4) is 0 Å². The summed E-state index contributed by atoms with van der Waals surface area (Å²) >= 11 is 0. The van der Waals surface area contributed by atoms with E-state index in [9.17, 15) is 23.6 Å². The standard InChI is InChI=1S/C33H25FN2O5/c1-19-6-15-28-26(16-19)27(33(40)41-18-30(37)21-7-11-22(34)12-8-21)17-29(35-28)20-9-13-23(14-10-20)36-31(38)24-4-2-3-5-25(24)32(36)39/h2-3,6-17,24-25H,4-5,18H2,1H3/t24-,25+. The molecule has 7 nitrogen and oxygen atoms in total. The quantitative estimate of drug-likeness (QED) is 0.130. The number of Topliss-reactive ketones (excluding diaryl/α,β-unsaturated/α-hetero) is 1. The molecular formula is C33H25FN2O5. The number of carbonyl (C=O) groups excluding carboxylic acids is 4. The summed E-state index contributed by atoms with van der Waals surface area (Å²) in [6.07, 6.45) is 5.04. The fraction of sp³-hybridized carbons (Fsp3) is 0.182. The SMILES string of the molecule is Cc1ccc2nc(-c3ccc(N4C(=O)[C@H]5CC=CC[C@H]5C4=O)cc3)cc(C(=O)OCC(=O)c3ccc(F)cc3)c2c1. The largest absolute Gasteiger partial charge is 0.454 e. The van der Waals surface area contributed by atoms with Crippen molar-refractivity contribution in [1.29, 1.82) is 0 Å². The lowest BCUT2D eigenvalue weighted by atomic mass is 9.85. The highest BCUT2D eigenvalue weighted by atomic mass is 19.1. The van der Waals surface area contributed by atoms with Gasteiger partial charge in [0.25, 0.3) is 0 Å². The number of nitrogens with zero attached hydrogens (tertiary/aromatic N) is 2. The first-order chi connectivity index (χ1) is 19.8. The zero-order valence-electron chi connectivity index (χ0n) is 22.2. The highest BCUT2D eigenvalue weighted by molar-refractivity contribution is 6.22. The van der Waals surface area contributed by atoms with Crippen LogP contribution < -0.4 is 4.90 Å². The van der Waals surface area contributed by atoms with Crippen LogP contribution in [0.1, 0.15) is 39.1 Å². The summed E-state index contributed by atoms with van der Waals surface area (Å²) in [5, 5.41) is 0.578. The first-order valence-corrected chi connectivity index (χ1v) is 13.3. The molecule has 2 aliphatic rings. The van der Waals surface area contributed by atoms with E-state index in [-0.39, 0.29) is 34.8 Å². The van der Waals surface area contributed by atoms with E-state index in [2.05, 4.69) is 0 Å². The van der Waals surface area contributed by atoms with Gasteiger partial charge in [-0.1, -0.05) is 35.9 Å². The van der Waals surface area contributed by atoms with E-state index in [0.29, 0.717) is 40.7 Å². The number of carbonyl (C=O) groups is 4. The average Bonchev–Trinajstić information content (AvgIpc) is 3.25. The third-order valence-electron chi connectivity index (χ3n) is 7.61. The number of hydrogen-bond acceptors (Lipinski definition) is 6. The van der Waals surface area contributed by atoms with E-state index in [1.54, 1.807) is 36.4 Å². The molecule has 3 aromatic carbocycles. The molecule has 0 saturated carbocycles. The predicted molar refractivity (Wildman–Crippen MR) is 151 cm³/mol. The number of ketones is 1. The lowest BCUT2D eigenvalue weighted by Crippen LogP contribution is -2.30. The zero-order valence-corrected chi connectivity index (χ0v) is 22.2. The van der Waals surface area contributed by atoms with Crippen LogP contribution in [-0.2, 0) is 14.3 Å². The summed E-state index contributed by atoms with van der Waals surface area (Å²) in [5.41, 5.74) is 3.62. The molecule has 41 heavy (non-hydrogen) atoms. The Morgan fingerprint density at radius 3 is 2.22 bits per heavy atom. The number of ether oxygens (including phenoxy) is 1. The van der Waals surface area contributed by atoms with Gasteiger partial charge in [-0.2, -0.15) is 0 Å². The van der Waals surface area contributed by atoms with Crippen LogP contribution in [0.25, 0.3) is 22.2 Å². The van der Waals surface area contributed by atoms with E-state index in [4.69, 9.17) is 9.72 Å². The number of esters is 1. The lowest BCUT2D eigenvalue weighted by Gasteiger charge is -2.15. The molecule has 1 aliphatic carbocycles. The number of fused-ring (bicyclic) bond motifs is 2. The van der Waals surface area contributed by atoms with Crippen molar-refractivity contribution in [3.05, 3.63) is 107 Å². The molecule has 1 fully saturated rings. The van der Waals surface area contributed by atoms with Crippen LogP contribution >= 0.6 is 0 Å². The number of aromatic nitrogens is 1. The molecule has 1 saturated heterocycles. The van der Waals surface area contributed by atoms with Gasteiger partial charge < -0.3 is 4.74 Å². The molecule has 2 amide bonds. The molecule has 2 atom stereocenters. The second-order valence-corrected chi connectivity index (χ2v) is 10.3. The molecule has 0 bridgehead atoms. The van der Waals surface area contributed by atoms with Gasteiger partial charge in [0.1, 0.15) is 5.82 Å². The summed E-state index contributed by atoms with van der Waals surface area (Å²) in [4.78, 5) is 57.7. The maximum Gasteiger partial charge on any atom is 0.339 e. The summed E-state index contributed by atoms with van der Waals surface area (Å²) in [7, 11) is 0. The molecule has 0 unspecified atom stereocenters. The number of pyridine rings is 1. The van der Waals surface area contributed by atoms with Crippen LogP contribution in [0.5, 0.6) is 0 Å². The fourth-order valence-corrected chi connectivity index (χ4v) is 5.42. The number of benzene rings is 3. The molecule has 2 heterocycles. The minimum absolute atomic E-state index is 0.184. The van der Waals surface area contributed by atoms with Crippen LogP contribution in [0.4, 0.5) is 10.1 Å². The predicted octanol–water partition coefficient (Wildman–Crippen LogP) is 5.84. The third kappa shape index (κ3) is 4.93. The van der Waals surface area contributed by atoms with E-state index >= 15 is 0 Å². The first kappa shape index (κ1) is 26.3. The zero-order chi connectivity index (χ0) is 28.7. The van der Waals surface area contributed by atoms with E-state index < -0.39 is 24.2 Å². The normalized spacial score (nSPS) is 18.0. The van der Waals surface area contributed by atoms with Gasteiger partial charge in [0.15, 0.2) is 12.4 Å². The van der Waals surface area contributed by atoms with Gasteiger partial charge >= 0.3 is 5.97 Å². The van der Waals surface area contributed by atoms with Crippen molar-refractivity contribution in [2.75, 3.05) is 11.5 Å². The van der Waals surface area contributed by atoms with Crippen molar-refractivity contribution in [1.82, 2.24) is 4.98 Å². The average molecular weight is 549 g/mol. The van der Waals surface area contributed by atoms with E-state index in [1.807, 2.05) is 31.2 Å². The van der Waals surface area contributed by atoms with Crippen LogP contribution in [-0.4, -0.2) is 35.2 Å². The van der Waals surface area contributed by atoms with Crippen molar-refractivity contribution >= 4 is 40.2 Å². The van der Waals surface area contributed by atoms with E-state index in [0.717, 1.165) is 5.56 Å². The Hall–Kier alpha value is -4.98. The van der Waals surface area contributed by atoms with Gasteiger partial charge in [-0.3, -0.25) is 19.3 Å². The monoisotopic (exact) mass is 548 g/mol. The minimum Gasteiger partial charge on any atom is -0.454 e. The number of allylic oxidation sites excluding steroid dienone is 2. The number of imide groups is 1. The van der Waals surface area contributed by atoms with Gasteiger partial charge in [0.2, 0.25) is 11.8 Å². The maximum atomic E-state index is 13.2. The number of hydrogen-bond donors (Lipinski definition) is 0. The van der Waals surface area contributed by atoms with Gasteiger partial charge in [-0.25, -0.2) is 14.2 Å². The summed E-state index contributed by atoms with van der Waals surface area (Å²) in [6.45, 7) is 1.39. The molecule has 8 heteroatoms. The fourth-order valence-electron chi connectivity index (χ4n) is 5.42. The molecule has 0 N–H and O–H groups in total. The third-order valence-corrected chi connectivity index (χ3v) is 7.61. The molecule has 0 radical (unpaired) electrons. The summed E-state index contributed by atoms with van der Waals surface area (Å²) in [5.74, 6) is -2.62. The Bertz CT molecular complexity index is 1720. The minimum atomic E-state index is -0.694. The summed E-state index contributed by atoms with van der Waals surface area (Å²) < 4.78 is 18.6. The van der Waals surface area contributed by atoms with E-state index in [1.165, 1.54) is 29.2 Å². The van der Waals surface area contributed by atoms with Crippen molar-refractivity contribution in [2.24, 2.45) is 11.8 Å². The van der Waals surface area contributed by atoms with Gasteiger partial charge in [0, 0.05) is 16.5 Å². The molecule has 0 spiro atoms. The van der Waals surface area contributed by atoms with Crippen LogP contribution in [0.2, 0.25) is 0 Å². The number of halogens is 1. The summed E-state index contributed by atoms with van der Waals surface area (Å²) in [6, 6.07) is 19.1. The molecular weight excluding hydrogens is 523 g/mol. The number of amides is 2. The number of rotatable bonds is 6. The van der Waals surface area contributed by atoms with Crippen LogP contribution in [0.15, 0.2) is 84.9 Å². The molecule has 1 aromatic heterocycles. The molecule has 6 rings (SSSR count). The first-order valence-electron chi connectivity index (χ1n) is 13.3. The number of anilines is 1. The van der Waals surface area contributed by atoms with Gasteiger partial charge in [-0.15, -0.1) is 0 Å². The Morgan fingerprint density at radius 2 is 1.56 bits per heavy atom. The maximum absolute atomic E-state index is 13.2. The molecule has 204 valence electrons. The van der Waals surface area contributed by atoms with Crippen molar-refractivity contribution in [3.8, 4) is 11.3 Å². The van der Waals surface area contributed by atoms with Gasteiger partial charge in [0.05, 0.1) is 34.3 Å². The molecule has 4 aromatic rings. The van der Waals surface area contributed by atoms with Crippen molar-refractivity contribution < 1.29 is 28.3 Å².